The highest BCUT2D eigenvalue weighted by Gasteiger charge is 2.48. The van der Waals surface area contributed by atoms with Gasteiger partial charge in [-0.25, -0.2) is 0 Å². The van der Waals surface area contributed by atoms with Gasteiger partial charge in [-0.15, -0.1) is 0 Å². The molecule has 0 aromatic heterocycles. The summed E-state index contributed by atoms with van der Waals surface area (Å²) in [5.74, 6) is 0.322. The molecule has 0 spiro atoms. The van der Waals surface area contributed by atoms with Gasteiger partial charge < -0.3 is 14.6 Å². The van der Waals surface area contributed by atoms with Gasteiger partial charge in [0.05, 0.1) is 20.1 Å². The lowest BCUT2D eigenvalue weighted by Crippen LogP contribution is -2.44. The van der Waals surface area contributed by atoms with E-state index in [1.807, 2.05) is 121 Å². The molecule has 3 atom stereocenters. The van der Waals surface area contributed by atoms with Crippen LogP contribution in [0.4, 0.5) is 0 Å². The summed E-state index contributed by atoms with van der Waals surface area (Å²) >= 11 is 0. The minimum absolute atomic E-state index is 0.129. The lowest BCUT2D eigenvalue weighted by molar-refractivity contribution is -0.127. The minimum atomic E-state index is -1.56. The number of hydrogen-bond donors (Lipinski definition) is 1. The second-order valence-electron chi connectivity index (χ2n) is 9.80. The Hall–Kier alpha value is -4.41. The van der Waals surface area contributed by atoms with Crippen LogP contribution in [0.3, 0.4) is 0 Å². The molecule has 4 aromatic carbocycles. The number of aliphatic hydroxyl groups is 1. The van der Waals surface area contributed by atoms with E-state index in [1.54, 1.807) is 20.3 Å². The van der Waals surface area contributed by atoms with Gasteiger partial charge >= 0.3 is 0 Å². The van der Waals surface area contributed by atoms with Crippen molar-refractivity contribution >= 4 is 17.4 Å². The minimum Gasteiger partial charge on any atom is -0.497 e. The topological polar surface area (TPSA) is 55.8 Å². The van der Waals surface area contributed by atoms with Crippen molar-refractivity contribution in [3.8, 4) is 11.5 Å². The van der Waals surface area contributed by atoms with Crippen molar-refractivity contribution in [1.29, 1.82) is 0 Å². The second kappa shape index (κ2) is 11.5. The average Bonchev–Trinajstić information content (AvgIpc) is 3.00. The van der Waals surface area contributed by atoms with Gasteiger partial charge in [0.2, 0.25) is 0 Å². The zero-order chi connectivity index (χ0) is 27.2. The third-order valence-corrected chi connectivity index (χ3v) is 7.50. The predicted molar refractivity (Wildman–Crippen MR) is 156 cm³/mol. The Bertz CT molecular complexity index is 1460. The second-order valence-corrected chi connectivity index (χ2v) is 9.80. The first-order chi connectivity index (χ1) is 19.0. The molecule has 0 aliphatic heterocycles. The van der Waals surface area contributed by atoms with Crippen LogP contribution in [-0.2, 0) is 10.4 Å². The van der Waals surface area contributed by atoms with E-state index in [9.17, 15) is 9.90 Å². The molecule has 1 N–H and O–H groups in total. The molecule has 4 heteroatoms. The van der Waals surface area contributed by atoms with Gasteiger partial charge in [-0.3, -0.25) is 4.79 Å². The fraction of sp³-hybridized carbons (Fsp3) is 0.171. The number of carbonyl (C=O) groups is 1. The highest BCUT2D eigenvalue weighted by molar-refractivity contribution is 5.98. The van der Waals surface area contributed by atoms with Crippen molar-refractivity contribution in [1.82, 2.24) is 0 Å². The van der Waals surface area contributed by atoms with Gasteiger partial charge in [0.15, 0.2) is 5.78 Å². The van der Waals surface area contributed by atoms with Crippen molar-refractivity contribution in [2.45, 2.75) is 17.9 Å². The van der Waals surface area contributed by atoms with Crippen molar-refractivity contribution in [2.75, 3.05) is 14.2 Å². The largest absolute Gasteiger partial charge is 0.497 e. The van der Waals surface area contributed by atoms with Crippen molar-refractivity contribution in [2.24, 2.45) is 5.92 Å². The Kier molecular flexibility index (Phi) is 7.76. The van der Waals surface area contributed by atoms with Gasteiger partial charge in [0.25, 0.3) is 0 Å². The van der Waals surface area contributed by atoms with Crippen LogP contribution in [-0.4, -0.2) is 25.1 Å². The van der Waals surface area contributed by atoms with E-state index in [0.717, 1.165) is 28.0 Å². The number of allylic oxidation sites excluding steroid dienone is 2. The molecule has 39 heavy (non-hydrogen) atoms. The molecule has 1 aliphatic rings. The molecule has 3 unspecified atom stereocenters. The van der Waals surface area contributed by atoms with Gasteiger partial charge in [0, 0.05) is 5.92 Å². The maximum absolute atomic E-state index is 14.1. The summed E-state index contributed by atoms with van der Waals surface area (Å²) in [7, 11) is 3.25. The molecular weight excluding hydrogens is 484 g/mol. The predicted octanol–water partition coefficient (Wildman–Crippen LogP) is 7.06. The van der Waals surface area contributed by atoms with E-state index < -0.39 is 11.5 Å². The van der Waals surface area contributed by atoms with Crippen molar-refractivity contribution < 1.29 is 19.4 Å². The van der Waals surface area contributed by atoms with Crippen molar-refractivity contribution in [3.63, 3.8) is 0 Å². The first-order valence-corrected chi connectivity index (χ1v) is 13.1. The van der Waals surface area contributed by atoms with Gasteiger partial charge in [0.1, 0.15) is 17.1 Å². The molecule has 0 heterocycles. The summed E-state index contributed by atoms with van der Waals surface area (Å²) in [4.78, 5) is 14.1. The number of hydrogen-bond acceptors (Lipinski definition) is 4. The molecular formula is C35H32O4. The van der Waals surface area contributed by atoms with E-state index in [1.165, 1.54) is 0 Å². The lowest BCUT2D eigenvalue weighted by atomic mass is 9.63. The zero-order valence-electron chi connectivity index (χ0n) is 22.2. The van der Waals surface area contributed by atoms with Crippen LogP contribution in [0, 0.1) is 5.92 Å². The number of ether oxygens (including phenoxy) is 2. The number of benzene rings is 4. The smallest absolute Gasteiger partial charge is 0.162 e. The molecule has 1 aliphatic carbocycles. The highest BCUT2D eigenvalue weighted by atomic mass is 16.5. The molecule has 0 amide bonds. The summed E-state index contributed by atoms with van der Waals surface area (Å²) in [6.45, 7) is 0. The van der Waals surface area contributed by atoms with Crippen LogP contribution in [0.15, 0.2) is 121 Å². The quantitative estimate of drug-likeness (QED) is 0.255. The molecule has 5 rings (SSSR count). The monoisotopic (exact) mass is 516 g/mol. The first kappa shape index (κ1) is 26.2. The van der Waals surface area contributed by atoms with E-state index >= 15 is 0 Å². The number of carbonyl (C=O) groups excluding carboxylic acids is 1. The summed E-state index contributed by atoms with van der Waals surface area (Å²) in [5, 5.41) is 12.6. The summed E-state index contributed by atoms with van der Waals surface area (Å²) in [5.41, 5.74) is 2.98. The molecule has 0 bridgehead atoms. The molecule has 196 valence electrons. The molecule has 0 saturated carbocycles. The fourth-order valence-corrected chi connectivity index (χ4v) is 5.47. The maximum atomic E-state index is 14.1. The maximum Gasteiger partial charge on any atom is 0.162 e. The average molecular weight is 517 g/mol. The zero-order valence-corrected chi connectivity index (χ0v) is 22.2. The van der Waals surface area contributed by atoms with E-state index in [2.05, 4.69) is 0 Å². The first-order valence-electron chi connectivity index (χ1n) is 13.1. The summed E-state index contributed by atoms with van der Waals surface area (Å²) in [6, 6.07) is 34.9. The Balaban J connectivity index is 1.67. The normalized spacial score (nSPS) is 20.8. The van der Waals surface area contributed by atoms with Crippen LogP contribution >= 0.6 is 0 Å². The Morgan fingerprint density at radius 3 is 1.95 bits per heavy atom. The number of methoxy groups -OCH3 is 2. The summed E-state index contributed by atoms with van der Waals surface area (Å²) in [6.07, 6.45) is 5.90. The van der Waals surface area contributed by atoms with Gasteiger partial charge in [-0.1, -0.05) is 91.0 Å². The van der Waals surface area contributed by atoms with Crippen LogP contribution < -0.4 is 9.47 Å². The Morgan fingerprint density at radius 2 is 1.36 bits per heavy atom. The van der Waals surface area contributed by atoms with Gasteiger partial charge in [-0.2, -0.15) is 0 Å². The van der Waals surface area contributed by atoms with Gasteiger partial charge in [-0.05, 0) is 70.7 Å². The Morgan fingerprint density at radius 1 is 0.795 bits per heavy atom. The molecule has 4 aromatic rings. The molecule has 0 radical (unpaired) electrons. The SMILES string of the molecule is COc1ccc(C2=CC(O)(c3ccc(OC)cc3)C(C(=O)C=Cc3ccccc3)C(c3ccccc3)C2)cc1. The lowest BCUT2D eigenvalue weighted by Gasteiger charge is -2.43. The highest BCUT2D eigenvalue weighted by Crippen LogP contribution is 2.51. The van der Waals surface area contributed by atoms with Crippen LogP contribution in [0.5, 0.6) is 11.5 Å². The third-order valence-electron chi connectivity index (χ3n) is 7.50. The van der Waals surface area contributed by atoms with Crippen LogP contribution in [0.2, 0.25) is 0 Å². The van der Waals surface area contributed by atoms with Crippen molar-refractivity contribution in [3.05, 3.63) is 144 Å². The number of rotatable bonds is 8. The van der Waals surface area contributed by atoms with E-state index in [-0.39, 0.29) is 11.7 Å². The molecule has 4 nitrogen and oxygen atoms in total. The third kappa shape index (κ3) is 5.57. The molecule has 0 saturated heterocycles. The number of ketones is 1. The Labute approximate surface area is 229 Å². The summed E-state index contributed by atoms with van der Waals surface area (Å²) < 4.78 is 10.7. The standard InChI is InChI=1S/C35H32O4/c1-38-30-18-14-26(15-19-30)28-23-32(27-11-7-4-8-12-27)34(33(36)22-13-25-9-5-3-6-10-25)35(37,24-28)29-16-20-31(39-2)21-17-29/h3-22,24,32,34,37H,23H2,1-2H3. The van der Waals surface area contributed by atoms with Crippen LogP contribution in [0.1, 0.15) is 34.6 Å². The molecule has 0 fully saturated rings. The fourth-order valence-electron chi connectivity index (χ4n) is 5.47. The van der Waals surface area contributed by atoms with Crippen LogP contribution in [0.25, 0.3) is 11.6 Å². The van der Waals surface area contributed by atoms with E-state index in [4.69, 9.17) is 9.47 Å². The van der Waals surface area contributed by atoms with E-state index in [0.29, 0.717) is 17.7 Å².